The van der Waals surface area contributed by atoms with Gasteiger partial charge in [0.05, 0.1) is 23.1 Å². The maximum Gasteiger partial charge on any atom is 0.107 e. The molecule has 17 heavy (non-hydrogen) atoms. The van der Waals surface area contributed by atoms with Crippen LogP contribution in [0.2, 0.25) is 0 Å². The van der Waals surface area contributed by atoms with Gasteiger partial charge in [-0.05, 0) is 44.0 Å². The molecule has 1 heterocycles. The predicted octanol–water partition coefficient (Wildman–Crippen LogP) is 2.43. The summed E-state index contributed by atoms with van der Waals surface area (Å²) in [7, 11) is 0. The van der Waals surface area contributed by atoms with Gasteiger partial charge in [0, 0.05) is 0 Å². The summed E-state index contributed by atoms with van der Waals surface area (Å²) in [5.74, 6) is 0. The Bertz CT molecular complexity index is 564. The molecule has 0 aliphatic carbocycles. The lowest BCUT2D eigenvalue weighted by Gasteiger charge is -2.07. The summed E-state index contributed by atoms with van der Waals surface area (Å²) < 4.78 is 1.87. The molecule has 4 heteroatoms. The number of aryl methyl sites for hydroxylation is 2. The van der Waals surface area contributed by atoms with E-state index in [1.165, 1.54) is 11.1 Å². The number of rotatable bonds is 2. The van der Waals surface area contributed by atoms with Crippen molar-refractivity contribution in [3.05, 3.63) is 46.8 Å². The number of thiocarbonyl (C=S) groups is 1. The highest BCUT2D eigenvalue weighted by Gasteiger charge is 2.10. The topological polar surface area (TPSA) is 43.8 Å². The Morgan fingerprint density at radius 1 is 1.18 bits per heavy atom. The van der Waals surface area contributed by atoms with E-state index >= 15 is 0 Å². The van der Waals surface area contributed by atoms with Crippen LogP contribution in [0.5, 0.6) is 0 Å². The van der Waals surface area contributed by atoms with Crippen LogP contribution in [0.4, 0.5) is 0 Å². The van der Waals surface area contributed by atoms with E-state index in [-0.39, 0.29) is 0 Å². The maximum atomic E-state index is 5.64. The van der Waals surface area contributed by atoms with Crippen molar-refractivity contribution in [3.8, 4) is 5.69 Å². The van der Waals surface area contributed by atoms with E-state index in [4.69, 9.17) is 18.0 Å². The van der Waals surface area contributed by atoms with Gasteiger partial charge in [-0.1, -0.05) is 18.3 Å². The molecule has 88 valence electrons. The van der Waals surface area contributed by atoms with Crippen molar-refractivity contribution in [2.24, 2.45) is 5.73 Å². The molecule has 0 spiro atoms. The zero-order valence-electron chi connectivity index (χ0n) is 10.2. The van der Waals surface area contributed by atoms with Gasteiger partial charge in [-0.25, -0.2) is 4.68 Å². The number of aromatic nitrogens is 2. The molecule has 0 unspecified atom stereocenters. The Kier molecular flexibility index (Phi) is 2.98. The van der Waals surface area contributed by atoms with Crippen molar-refractivity contribution in [1.82, 2.24) is 9.78 Å². The van der Waals surface area contributed by atoms with Crippen LogP contribution in [0.1, 0.15) is 22.4 Å². The Hall–Kier alpha value is -1.68. The van der Waals surface area contributed by atoms with Crippen LogP contribution >= 0.6 is 12.2 Å². The molecule has 1 aromatic heterocycles. The van der Waals surface area contributed by atoms with E-state index in [1.54, 1.807) is 6.20 Å². The summed E-state index contributed by atoms with van der Waals surface area (Å²) >= 11 is 4.99. The average Bonchev–Trinajstić information content (AvgIpc) is 2.58. The number of hydrogen-bond acceptors (Lipinski definition) is 2. The van der Waals surface area contributed by atoms with Gasteiger partial charge in [0.1, 0.15) is 4.99 Å². The van der Waals surface area contributed by atoms with Crippen LogP contribution in [-0.4, -0.2) is 14.8 Å². The van der Waals surface area contributed by atoms with Gasteiger partial charge in [0.15, 0.2) is 0 Å². The number of nitrogens with two attached hydrogens (primary N) is 1. The number of hydrogen-bond donors (Lipinski definition) is 1. The van der Waals surface area contributed by atoms with Gasteiger partial charge in [0.2, 0.25) is 0 Å². The smallest absolute Gasteiger partial charge is 0.107 e. The van der Waals surface area contributed by atoms with E-state index in [2.05, 4.69) is 37.1 Å². The van der Waals surface area contributed by atoms with Crippen molar-refractivity contribution in [2.75, 3.05) is 0 Å². The molecule has 0 saturated carbocycles. The molecule has 2 aromatic rings. The van der Waals surface area contributed by atoms with Crippen molar-refractivity contribution in [1.29, 1.82) is 0 Å². The molecule has 1 aromatic carbocycles. The second-order valence-electron chi connectivity index (χ2n) is 4.27. The number of benzene rings is 1. The van der Waals surface area contributed by atoms with Crippen LogP contribution in [-0.2, 0) is 0 Å². The van der Waals surface area contributed by atoms with Crippen LogP contribution in [0, 0.1) is 20.8 Å². The third-order valence-corrected chi connectivity index (χ3v) is 2.95. The van der Waals surface area contributed by atoms with Gasteiger partial charge in [0.25, 0.3) is 0 Å². The monoisotopic (exact) mass is 245 g/mol. The first-order chi connectivity index (χ1) is 7.99. The summed E-state index contributed by atoms with van der Waals surface area (Å²) in [6.45, 7) is 6.12. The zero-order chi connectivity index (χ0) is 12.6. The van der Waals surface area contributed by atoms with Crippen molar-refractivity contribution in [3.63, 3.8) is 0 Å². The van der Waals surface area contributed by atoms with Gasteiger partial charge < -0.3 is 5.73 Å². The van der Waals surface area contributed by atoms with E-state index < -0.39 is 0 Å². The minimum Gasteiger partial charge on any atom is -0.389 e. The third-order valence-electron chi connectivity index (χ3n) is 2.73. The molecular formula is C13H15N3S. The molecule has 0 saturated heterocycles. The van der Waals surface area contributed by atoms with E-state index in [0.717, 1.165) is 16.9 Å². The Balaban J connectivity index is 2.57. The highest BCUT2D eigenvalue weighted by atomic mass is 32.1. The minimum atomic E-state index is 0.387. The Morgan fingerprint density at radius 3 is 2.24 bits per heavy atom. The van der Waals surface area contributed by atoms with E-state index in [0.29, 0.717) is 4.99 Å². The van der Waals surface area contributed by atoms with Crippen LogP contribution in [0.15, 0.2) is 24.4 Å². The zero-order valence-corrected chi connectivity index (χ0v) is 11.0. The molecule has 0 aliphatic heterocycles. The summed E-state index contributed by atoms with van der Waals surface area (Å²) in [5.41, 5.74) is 10.9. The first-order valence-electron chi connectivity index (χ1n) is 5.42. The lowest BCUT2D eigenvalue weighted by Crippen LogP contribution is -2.10. The molecule has 2 N–H and O–H groups in total. The molecule has 2 rings (SSSR count). The second kappa shape index (κ2) is 4.30. The standard InChI is InChI=1S/C13H15N3S/c1-8-4-9(2)6-11(5-8)16-10(3)12(7-15-16)13(14)17/h4-7H,1-3H3,(H2,14,17). The molecule has 0 bridgehead atoms. The normalized spacial score (nSPS) is 10.5. The van der Waals surface area contributed by atoms with Crippen molar-refractivity contribution >= 4 is 17.2 Å². The fraction of sp³-hybridized carbons (Fsp3) is 0.231. The van der Waals surface area contributed by atoms with Crippen LogP contribution in [0.3, 0.4) is 0 Å². The van der Waals surface area contributed by atoms with E-state index in [9.17, 15) is 0 Å². The average molecular weight is 245 g/mol. The molecule has 0 amide bonds. The fourth-order valence-corrected chi connectivity index (χ4v) is 2.19. The molecule has 0 aliphatic rings. The first-order valence-corrected chi connectivity index (χ1v) is 5.83. The lowest BCUT2D eigenvalue weighted by atomic mass is 10.1. The molecule has 3 nitrogen and oxygen atoms in total. The van der Waals surface area contributed by atoms with Crippen molar-refractivity contribution < 1.29 is 0 Å². The van der Waals surface area contributed by atoms with Crippen LogP contribution < -0.4 is 5.73 Å². The summed E-state index contributed by atoms with van der Waals surface area (Å²) in [6, 6.07) is 6.32. The maximum absolute atomic E-state index is 5.64. The predicted molar refractivity (Wildman–Crippen MR) is 73.7 cm³/mol. The summed E-state index contributed by atoms with van der Waals surface area (Å²) in [6.07, 6.45) is 1.72. The fourth-order valence-electron chi connectivity index (χ4n) is 1.98. The lowest BCUT2D eigenvalue weighted by molar-refractivity contribution is 0.844. The Morgan fingerprint density at radius 2 is 1.76 bits per heavy atom. The second-order valence-corrected chi connectivity index (χ2v) is 4.71. The molecule has 0 radical (unpaired) electrons. The summed E-state index contributed by atoms with van der Waals surface area (Å²) in [5, 5.41) is 4.34. The van der Waals surface area contributed by atoms with E-state index in [1.807, 2.05) is 11.6 Å². The highest BCUT2D eigenvalue weighted by Crippen LogP contribution is 2.17. The van der Waals surface area contributed by atoms with Crippen LogP contribution in [0.25, 0.3) is 5.69 Å². The highest BCUT2D eigenvalue weighted by molar-refractivity contribution is 7.80. The van der Waals surface area contributed by atoms with Gasteiger partial charge >= 0.3 is 0 Å². The van der Waals surface area contributed by atoms with Gasteiger partial charge in [-0.3, -0.25) is 0 Å². The SMILES string of the molecule is Cc1cc(C)cc(-n2ncc(C(N)=S)c2C)c1. The molecular weight excluding hydrogens is 230 g/mol. The number of nitrogens with zero attached hydrogens (tertiary/aromatic N) is 2. The first kappa shape index (κ1) is 11.8. The Labute approximate surface area is 106 Å². The summed E-state index contributed by atoms with van der Waals surface area (Å²) in [4.78, 5) is 0.387. The van der Waals surface area contributed by atoms with Gasteiger partial charge in [-0.15, -0.1) is 0 Å². The quantitative estimate of drug-likeness (QED) is 0.826. The molecule has 0 atom stereocenters. The third kappa shape index (κ3) is 2.22. The largest absolute Gasteiger partial charge is 0.389 e. The van der Waals surface area contributed by atoms with Crippen molar-refractivity contribution in [2.45, 2.75) is 20.8 Å². The van der Waals surface area contributed by atoms with Gasteiger partial charge in [-0.2, -0.15) is 5.10 Å². The minimum absolute atomic E-state index is 0.387. The molecule has 0 fully saturated rings.